The molecule has 0 bridgehead atoms. The van der Waals surface area contributed by atoms with Gasteiger partial charge in [-0.1, -0.05) is 5.92 Å². The molecule has 0 aromatic carbocycles. The van der Waals surface area contributed by atoms with Crippen LogP contribution in [0.25, 0.3) is 0 Å². The van der Waals surface area contributed by atoms with Crippen LogP contribution in [0.1, 0.15) is 12.5 Å². The third-order valence-corrected chi connectivity index (χ3v) is 1.59. The van der Waals surface area contributed by atoms with Crippen LogP contribution in [0, 0.1) is 16.6 Å². The van der Waals surface area contributed by atoms with Crippen LogP contribution in [-0.2, 0) is 6.42 Å². The Balaban J connectivity index is 2.99. The van der Waals surface area contributed by atoms with Gasteiger partial charge in [0.1, 0.15) is 5.82 Å². The van der Waals surface area contributed by atoms with Gasteiger partial charge in [-0.15, -0.1) is 5.92 Å². The van der Waals surface area contributed by atoms with Crippen LogP contribution in [0.4, 0.5) is 5.82 Å². The predicted octanol–water partition coefficient (Wildman–Crippen LogP) is 1.29. The molecule has 12 heavy (non-hydrogen) atoms. The molecule has 0 aliphatic carbocycles. The van der Waals surface area contributed by atoms with Crippen LogP contribution in [0.5, 0.6) is 0 Å². The fourth-order valence-corrected chi connectivity index (χ4v) is 0.921. The van der Waals surface area contributed by atoms with Crippen molar-refractivity contribution in [1.82, 2.24) is 9.97 Å². The fourth-order valence-electron chi connectivity index (χ4n) is 0.758. The maximum atomic E-state index is 5.63. The van der Waals surface area contributed by atoms with Crippen molar-refractivity contribution in [2.75, 3.05) is 5.73 Å². The molecule has 4 heteroatoms. The van der Waals surface area contributed by atoms with E-state index in [9.17, 15) is 0 Å². The first-order valence-corrected chi connectivity index (χ1v) is 3.88. The number of nitrogens with zero attached hydrogens (tertiary/aromatic N) is 1. The zero-order valence-corrected chi connectivity index (χ0v) is 7.53. The molecule has 0 aliphatic heterocycles. The Bertz CT molecular complexity index is 383. The van der Waals surface area contributed by atoms with E-state index in [1.807, 2.05) is 0 Å². The smallest absolute Gasteiger partial charge is 0.198 e. The fraction of sp³-hybridized carbons (Fsp3) is 0.250. The van der Waals surface area contributed by atoms with Gasteiger partial charge < -0.3 is 10.7 Å². The maximum Gasteiger partial charge on any atom is 0.198 e. The summed E-state index contributed by atoms with van der Waals surface area (Å²) in [6.45, 7) is 1.79. The number of nitrogens with one attached hydrogen (secondary N) is 1. The van der Waals surface area contributed by atoms with E-state index >= 15 is 0 Å². The number of H-pyrrole nitrogens is 1. The van der Waals surface area contributed by atoms with Crippen molar-refractivity contribution in [3.05, 3.63) is 16.5 Å². The summed E-state index contributed by atoms with van der Waals surface area (Å²) in [7, 11) is 0. The van der Waals surface area contributed by atoms with Crippen molar-refractivity contribution >= 4 is 18.0 Å². The van der Waals surface area contributed by atoms with Crippen molar-refractivity contribution in [2.24, 2.45) is 0 Å². The third-order valence-electron chi connectivity index (χ3n) is 1.38. The second-order valence-electron chi connectivity index (χ2n) is 2.23. The van der Waals surface area contributed by atoms with Crippen molar-refractivity contribution < 1.29 is 0 Å². The van der Waals surface area contributed by atoms with E-state index in [0.717, 1.165) is 5.56 Å². The summed E-state index contributed by atoms with van der Waals surface area (Å²) >= 11 is 4.79. The second kappa shape index (κ2) is 3.88. The summed E-state index contributed by atoms with van der Waals surface area (Å²) < 4.78 is 0.403. The third kappa shape index (κ3) is 2.07. The highest BCUT2D eigenvalue weighted by molar-refractivity contribution is 7.71. The molecule has 1 aromatic rings. The average molecular weight is 179 g/mol. The molecule has 0 unspecified atom stereocenters. The first kappa shape index (κ1) is 8.75. The van der Waals surface area contributed by atoms with E-state index in [0.29, 0.717) is 17.0 Å². The normalized spacial score (nSPS) is 8.75. The summed E-state index contributed by atoms with van der Waals surface area (Å²) in [5, 5.41) is 0. The van der Waals surface area contributed by atoms with Crippen molar-refractivity contribution in [3.63, 3.8) is 0 Å². The largest absolute Gasteiger partial charge is 0.385 e. The first-order chi connectivity index (χ1) is 5.74. The molecule has 3 N–H and O–H groups in total. The standard InChI is InChI=1S/C8H9N3S/c1-2-3-4-6-5-10-8(12)11-7(6)9/h5H,4H2,1H3,(H3,9,10,11,12). The van der Waals surface area contributed by atoms with Crippen LogP contribution in [0.2, 0.25) is 0 Å². The molecule has 0 saturated heterocycles. The molecule has 62 valence electrons. The lowest BCUT2D eigenvalue weighted by atomic mass is 10.2. The van der Waals surface area contributed by atoms with Gasteiger partial charge in [-0.3, -0.25) is 0 Å². The second-order valence-corrected chi connectivity index (χ2v) is 2.62. The molecule has 1 aromatic heterocycles. The Labute approximate surface area is 76.0 Å². The number of hydrogen-bond acceptors (Lipinski definition) is 3. The summed E-state index contributed by atoms with van der Waals surface area (Å²) in [5.41, 5.74) is 6.52. The molecule has 0 saturated carbocycles. The van der Waals surface area contributed by atoms with Gasteiger partial charge in [0.15, 0.2) is 4.77 Å². The van der Waals surface area contributed by atoms with Crippen LogP contribution in [0.15, 0.2) is 6.20 Å². The lowest BCUT2D eigenvalue weighted by Crippen LogP contribution is -1.98. The molecule has 0 spiro atoms. The summed E-state index contributed by atoms with van der Waals surface area (Å²) in [6, 6.07) is 0. The number of nitrogens with two attached hydrogens (primary N) is 1. The topological polar surface area (TPSA) is 54.7 Å². The van der Waals surface area contributed by atoms with E-state index in [4.69, 9.17) is 18.0 Å². The van der Waals surface area contributed by atoms with E-state index in [1.54, 1.807) is 13.1 Å². The molecule has 1 heterocycles. The van der Waals surface area contributed by atoms with Gasteiger partial charge in [0.2, 0.25) is 0 Å². The molecule has 3 nitrogen and oxygen atoms in total. The van der Waals surface area contributed by atoms with Gasteiger partial charge in [-0.2, -0.15) is 0 Å². The van der Waals surface area contributed by atoms with Gasteiger partial charge in [-0.25, -0.2) is 4.98 Å². The molecular weight excluding hydrogens is 170 g/mol. The van der Waals surface area contributed by atoms with Gasteiger partial charge in [-0.05, 0) is 19.1 Å². The van der Waals surface area contributed by atoms with Crippen LogP contribution >= 0.6 is 12.2 Å². The van der Waals surface area contributed by atoms with Gasteiger partial charge in [0.05, 0.1) is 0 Å². The number of nitrogen functional groups attached to an aromatic ring is 1. The number of hydrogen-bond donors (Lipinski definition) is 2. The van der Waals surface area contributed by atoms with Crippen LogP contribution in [0.3, 0.4) is 0 Å². The minimum atomic E-state index is 0.403. The maximum absolute atomic E-state index is 5.63. The molecular formula is C8H9N3S. The molecule has 1 rings (SSSR count). The van der Waals surface area contributed by atoms with E-state index in [-0.39, 0.29) is 0 Å². The number of rotatable bonds is 1. The molecule has 0 aliphatic rings. The quantitative estimate of drug-likeness (QED) is 0.504. The Hall–Kier alpha value is -1.34. The zero-order chi connectivity index (χ0) is 8.97. The van der Waals surface area contributed by atoms with Crippen LogP contribution < -0.4 is 5.73 Å². The monoisotopic (exact) mass is 179 g/mol. The predicted molar refractivity (Wildman–Crippen MR) is 51.0 cm³/mol. The molecule has 0 amide bonds. The minimum Gasteiger partial charge on any atom is -0.385 e. The van der Waals surface area contributed by atoms with E-state index in [2.05, 4.69) is 21.8 Å². The molecule has 0 atom stereocenters. The SMILES string of the molecule is CC#CCc1cnc(=S)[nH]c1N. The lowest BCUT2D eigenvalue weighted by Gasteiger charge is -1.98. The van der Waals surface area contributed by atoms with Crippen LogP contribution in [-0.4, -0.2) is 9.97 Å². The lowest BCUT2D eigenvalue weighted by molar-refractivity contribution is 1.09. The Morgan fingerprint density at radius 1 is 1.75 bits per heavy atom. The first-order valence-electron chi connectivity index (χ1n) is 3.47. The summed E-state index contributed by atoms with van der Waals surface area (Å²) in [6.07, 6.45) is 2.26. The summed E-state index contributed by atoms with van der Waals surface area (Å²) in [4.78, 5) is 6.67. The highest BCUT2D eigenvalue weighted by Gasteiger charge is 1.95. The van der Waals surface area contributed by atoms with E-state index < -0.39 is 0 Å². The Morgan fingerprint density at radius 3 is 3.08 bits per heavy atom. The van der Waals surface area contributed by atoms with Gasteiger partial charge in [0.25, 0.3) is 0 Å². The van der Waals surface area contributed by atoms with E-state index in [1.165, 1.54) is 0 Å². The van der Waals surface area contributed by atoms with Crippen molar-refractivity contribution in [2.45, 2.75) is 13.3 Å². The molecule has 0 fully saturated rings. The highest BCUT2D eigenvalue weighted by atomic mass is 32.1. The number of aromatic amines is 1. The molecule has 0 radical (unpaired) electrons. The Kier molecular flexibility index (Phi) is 2.83. The number of aromatic nitrogens is 2. The van der Waals surface area contributed by atoms with Gasteiger partial charge in [0, 0.05) is 18.2 Å². The van der Waals surface area contributed by atoms with Crippen molar-refractivity contribution in [3.8, 4) is 11.8 Å². The average Bonchev–Trinajstić information content (AvgIpc) is 2.03. The highest BCUT2D eigenvalue weighted by Crippen LogP contribution is 2.05. The zero-order valence-electron chi connectivity index (χ0n) is 6.72. The number of anilines is 1. The van der Waals surface area contributed by atoms with Crippen molar-refractivity contribution in [1.29, 1.82) is 0 Å². The summed E-state index contributed by atoms with van der Waals surface area (Å²) in [5.74, 6) is 6.24. The Morgan fingerprint density at radius 2 is 2.50 bits per heavy atom. The van der Waals surface area contributed by atoms with Gasteiger partial charge >= 0.3 is 0 Å². The minimum absolute atomic E-state index is 0.403.